The fourth-order valence-electron chi connectivity index (χ4n) is 3.72. The standard InChI is InChI=1S/C24H17F4NO4/c25-18-11-19(26)22(28)23(21(18)27)33-20(30)9-10-29-24(31)32-12-17-15-7-3-1-5-13(15)14-6-2-4-8-16(14)17/h1-8,11,17H,9-10,12H2,(H,29,31). The summed E-state index contributed by atoms with van der Waals surface area (Å²) in [5.74, 6) is -9.88. The molecule has 1 amide bonds. The van der Waals surface area contributed by atoms with Crippen LogP contribution in [0.2, 0.25) is 0 Å². The fraction of sp³-hybridized carbons (Fsp3) is 0.167. The summed E-state index contributed by atoms with van der Waals surface area (Å²) in [4.78, 5) is 23.8. The van der Waals surface area contributed by atoms with Gasteiger partial charge in [-0.1, -0.05) is 48.5 Å². The first-order valence-electron chi connectivity index (χ1n) is 9.99. The minimum Gasteiger partial charge on any atom is -0.449 e. The highest BCUT2D eigenvalue weighted by Gasteiger charge is 2.29. The number of halogens is 4. The second kappa shape index (κ2) is 9.32. The van der Waals surface area contributed by atoms with Crippen LogP contribution in [0.4, 0.5) is 22.4 Å². The van der Waals surface area contributed by atoms with Crippen molar-refractivity contribution in [3.63, 3.8) is 0 Å². The van der Waals surface area contributed by atoms with Crippen molar-refractivity contribution in [2.24, 2.45) is 0 Å². The van der Waals surface area contributed by atoms with Crippen LogP contribution in [0.1, 0.15) is 23.5 Å². The molecule has 3 aromatic rings. The number of alkyl carbamates (subject to hydrolysis) is 1. The maximum Gasteiger partial charge on any atom is 0.407 e. The van der Waals surface area contributed by atoms with Crippen molar-refractivity contribution in [3.05, 3.63) is 89.0 Å². The van der Waals surface area contributed by atoms with Gasteiger partial charge in [-0.25, -0.2) is 13.6 Å². The van der Waals surface area contributed by atoms with Crippen LogP contribution in [-0.4, -0.2) is 25.2 Å². The minimum atomic E-state index is -1.83. The number of benzene rings is 3. The summed E-state index contributed by atoms with van der Waals surface area (Å²) in [7, 11) is 0. The zero-order valence-electron chi connectivity index (χ0n) is 17.0. The van der Waals surface area contributed by atoms with Gasteiger partial charge in [0.05, 0.1) is 6.42 Å². The van der Waals surface area contributed by atoms with Crippen molar-refractivity contribution >= 4 is 12.1 Å². The predicted molar refractivity (Wildman–Crippen MR) is 110 cm³/mol. The van der Waals surface area contributed by atoms with Crippen LogP contribution in [0.5, 0.6) is 5.75 Å². The Kier molecular flexibility index (Phi) is 6.30. The molecular formula is C24H17F4NO4. The smallest absolute Gasteiger partial charge is 0.407 e. The Bertz CT molecular complexity index is 1160. The largest absolute Gasteiger partial charge is 0.449 e. The number of nitrogens with one attached hydrogen (secondary N) is 1. The van der Waals surface area contributed by atoms with Gasteiger partial charge in [-0.3, -0.25) is 4.79 Å². The molecule has 0 bridgehead atoms. The first kappa shape index (κ1) is 22.3. The molecule has 170 valence electrons. The second-order valence-electron chi connectivity index (χ2n) is 7.27. The van der Waals surface area contributed by atoms with Gasteiger partial charge in [0.25, 0.3) is 0 Å². The van der Waals surface area contributed by atoms with Crippen LogP contribution in [0.3, 0.4) is 0 Å². The molecule has 0 atom stereocenters. The van der Waals surface area contributed by atoms with E-state index in [1.54, 1.807) is 0 Å². The van der Waals surface area contributed by atoms with E-state index in [0.29, 0.717) is 0 Å². The van der Waals surface area contributed by atoms with Gasteiger partial charge >= 0.3 is 12.1 Å². The van der Waals surface area contributed by atoms with Crippen LogP contribution < -0.4 is 10.1 Å². The number of ether oxygens (including phenoxy) is 2. The average molecular weight is 459 g/mol. The Balaban J connectivity index is 1.29. The Labute approximate surface area is 185 Å². The van der Waals surface area contributed by atoms with Gasteiger partial charge in [0.2, 0.25) is 17.4 Å². The summed E-state index contributed by atoms with van der Waals surface area (Å²) in [5, 5.41) is 2.33. The number of carbonyl (C=O) groups excluding carboxylic acids is 2. The molecule has 0 radical (unpaired) electrons. The summed E-state index contributed by atoms with van der Waals surface area (Å²) in [6.07, 6.45) is -1.32. The molecule has 3 aromatic carbocycles. The lowest BCUT2D eigenvalue weighted by atomic mass is 9.98. The van der Waals surface area contributed by atoms with Crippen LogP contribution in [0.15, 0.2) is 54.6 Å². The summed E-state index contributed by atoms with van der Waals surface area (Å²) < 4.78 is 63.2. The van der Waals surface area contributed by atoms with Gasteiger partial charge in [0.1, 0.15) is 6.61 Å². The molecule has 0 fully saturated rings. The van der Waals surface area contributed by atoms with Gasteiger partial charge in [-0.2, -0.15) is 8.78 Å². The van der Waals surface area contributed by atoms with Crippen molar-refractivity contribution < 1.29 is 36.6 Å². The number of hydrogen-bond donors (Lipinski definition) is 1. The van der Waals surface area contributed by atoms with E-state index >= 15 is 0 Å². The zero-order valence-corrected chi connectivity index (χ0v) is 17.0. The van der Waals surface area contributed by atoms with Crippen molar-refractivity contribution in [2.45, 2.75) is 12.3 Å². The molecule has 33 heavy (non-hydrogen) atoms. The van der Waals surface area contributed by atoms with Gasteiger partial charge in [0.15, 0.2) is 11.6 Å². The lowest BCUT2D eigenvalue weighted by Crippen LogP contribution is -2.29. The molecule has 5 nitrogen and oxygen atoms in total. The lowest BCUT2D eigenvalue weighted by molar-refractivity contribution is -0.134. The molecule has 0 saturated heterocycles. The SMILES string of the molecule is O=C(CCNC(=O)OCC1c2ccccc2-c2ccccc21)Oc1c(F)c(F)cc(F)c1F. The number of rotatable bonds is 6. The van der Waals surface area contributed by atoms with E-state index in [0.717, 1.165) is 22.3 Å². The third-order valence-corrected chi connectivity index (χ3v) is 5.23. The molecule has 0 heterocycles. The molecule has 0 aliphatic heterocycles. The van der Waals surface area contributed by atoms with Crippen LogP contribution in [0, 0.1) is 23.3 Å². The molecule has 1 aliphatic carbocycles. The van der Waals surface area contributed by atoms with E-state index in [2.05, 4.69) is 10.1 Å². The molecular weight excluding hydrogens is 442 g/mol. The maximum atomic E-state index is 13.6. The maximum absolute atomic E-state index is 13.6. The van der Waals surface area contributed by atoms with E-state index in [1.165, 1.54) is 0 Å². The van der Waals surface area contributed by atoms with E-state index in [4.69, 9.17) is 4.74 Å². The minimum absolute atomic E-state index is 0.000699. The second-order valence-corrected chi connectivity index (χ2v) is 7.27. The van der Waals surface area contributed by atoms with Gasteiger partial charge in [-0.15, -0.1) is 0 Å². The zero-order chi connectivity index (χ0) is 23.5. The van der Waals surface area contributed by atoms with Crippen LogP contribution in [0.25, 0.3) is 11.1 Å². The number of hydrogen-bond acceptors (Lipinski definition) is 4. The monoisotopic (exact) mass is 459 g/mol. The molecule has 0 saturated carbocycles. The van der Waals surface area contributed by atoms with E-state index < -0.39 is 47.5 Å². The van der Waals surface area contributed by atoms with Gasteiger partial charge in [-0.05, 0) is 22.3 Å². The summed E-state index contributed by atoms with van der Waals surface area (Å²) in [5.41, 5.74) is 4.19. The van der Waals surface area contributed by atoms with Gasteiger partial charge < -0.3 is 14.8 Å². The Hall–Kier alpha value is -3.88. The molecule has 1 aliphatic rings. The highest BCUT2D eigenvalue weighted by atomic mass is 19.2. The predicted octanol–water partition coefficient (Wildman–Crippen LogP) is 5.08. The number of amides is 1. The molecule has 4 rings (SSSR count). The summed E-state index contributed by atoms with van der Waals surface area (Å²) in [6.45, 7) is -0.222. The van der Waals surface area contributed by atoms with Crippen LogP contribution in [-0.2, 0) is 9.53 Å². The molecule has 0 aromatic heterocycles. The number of fused-ring (bicyclic) bond motifs is 3. The highest BCUT2D eigenvalue weighted by Crippen LogP contribution is 2.44. The lowest BCUT2D eigenvalue weighted by Gasteiger charge is -2.14. The van der Waals surface area contributed by atoms with Crippen molar-refractivity contribution in [3.8, 4) is 16.9 Å². The summed E-state index contributed by atoms with van der Waals surface area (Å²) >= 11 is 0. The van der Waals surface area contributed by atoms with Crippen LogP contribution >= 0.6 is 0 Å². The molecule has 0 unspecified atom stereocenters. The third-order valence-electron chi connectivity index (χ3n) is 5.23. The Morgan fingerprint density at radius 2 is 1.39 bits per heavy atom. The molecule has 1 N–H and O–H groups in total. The van der Waals surface area contributed by atoms with Gasteiger partial charge in [0, 0.05) is 18.5 Å². The third kappa shape index (κ3) is 4.52. The first-order valence-corrected chi connectivity index (χ1v) is 9.99. The molecule has 0 spiro atoms. The molecule has 9 heteroatoms. The normalized spacial score (nSPS) is 12.1. The Morgan fingerprint density at radius 3 is 1.97 bits per heavy atom. The first-order chi connectivity index (χ1) is 15.9. The topological polar surface area (TPSA) is 64.6 Å². The number of esters is 1. The fourth-order valence-corrected chi connectivity index (χ4v) is 3.72. The van der Waals surface area contributed by atoms with E-state index in [-0.39, 0.29) is 25.1 Å². The number of carbonyl (C=O) groups is 2. The van der Waals surface area contributed by atoms with E-state index in [1.807, 2.05) is 48.5 Å². The summed E-state index contributed by atoms with van der Waals surface area (Å²) in [6, 6.07) is 15.6. The average Bonchev–Trinajstić information content (AvgIpc) is 3.13. The van der Waals surface area contributed by atoms with E-state index in [9.17, 15) is 27.2 Å². The Morgan fingerprint density at radius 1 is 0.848 bits per heavy atom. The highest BCUT2D eigenvalue weighted by molar-refractivity contribution is 5.79. The van der Waals surface area contributed by atoms with Crippen molar-refractivity contribution in [1.29, 1.82) is 0 Å². The quantitative estimate of drug-likeness (QED) is 0.242. The van der Waals surface area contributed by atoms with Crippen molar-refractivity contribution in [2.75, 3.05) is 13.2 Å². The van der Waals surface area contributed by atoms with Crippen molar-refractivity contribution in [1.82, 2.24) is 5.32 Å².